The van der Waals surface area contributed by atoms with Crippen molar-refractivity contribution in [2.45, 2.75) is 6.92 Å². The Labute approximate surface area is 135 Å². The molecule has 0 spiro atoms. The monoisotopic (exact) mass is 319 g/mol. The number of rotatable bonds is 4. The fourth-order valence-corrected chi connectivity index (χ4v) is 2.43. The normalized spacial score (nSPS) is 14.3. The van der Waals surface area contributed by atoms with Gasteiger partial charge >= 0.3 is 5.97 Å². The molecule has 0 unspecified atom stereocenters. The van der Waals surface area contributed by atoms with Crippen LogP contribution >= 0.6 is 0 Å². The Kier molecular flexibility index (Phi) is 5.56. The minimum absolute atomic E-state index is 0.0309. The quantitative estimate of drug-likeness (QED) is 0.821. The molecule has 7 nitrogen and oxygen atoms in total. The van der Waals surface area contributed by atoms with Crippen molar-refractivity contribution in [3.8, 4) is 0 Å². The zero-order valence-corrected chi connectivity index (χ0v) is 13.4. The third-order valence-electron chi connectivity index (χ3n) is 3.81. The fourth-order valence-electron chi connectivity index (χ4n) is 2.43. The number of carbonyl (C=O) groups is 3. The summed E-state index contributed by atoms with van der Waals surface area (Å²) in [5.41, 5.74) is 1.11. The number of carbonyl (C=O) groups excluding carboxylic acids is 3. The molecular weight excluding hydrogens is 298 g/mol. The Bertz CT molecular complexity index is 595. The van der Waals surface area contributed by atoms with Crippen molar-refractivity contribution in [2.75, 3.05) is 45.2 Å². The first-order valence-electron chi connectivity index (χ1n) is 7.47. The van der Waals surface area contributed by atoms with Crippen molar-refractivity contribution in [1.29, 1.82) is 0 Å². The van der Waals surface area contributed by atoms with Crippen molar-refractivity contribution < 1.29 is 19.1 Å². The highest BCUT2D eigenvalue weighted by molar-refractivity contribution is 5.90. The van der Waals surface area contributed by atoms with E-state index in [1.165, 1.54) is 14.0 Å². The third kappa shape index (κ3) is 4.45. The molecule has 1 aromatic rings. The Morgan fingerprint density at radius 1 is 1.13 bits per heavy atom. The van der Waals surface area contributed by atoms with Gasteiger partial charge in [0.25, 0.3) is 0 Å². The van der Waals surface area contributed by atoms with Crippen LogP contribution in [0.4, 0.5) is 5.69 Å². The summed E-state index contributed by atoms with van der Waals surface area (Å²) in [6.07, 6.45) is 0. The van der Waals surface area contributed by atoms with Crippen LogP contribution in [-0.4, -0.2) is 67.4 Å². The van der Waals surface area contributed by atoms with E-state index >= 15 is 0 Å². The molecular formula is C16H21N3O4. The van der Waals surface area contributed by atoms with E-state index in [4.69, 9.17) is 0 Å². The number of esters is 1. The molecule has 1 aromatic carbocycles. The highest BCUT2D eigenvalue weighted by atomic mass is 16.5. The molecule has 1 saturated heterocycles. The number of hydrogen-bond donors (Lipinski definition) is 1. The summed E-state index contributed by atoms with van der Waals surface area (Å²) < 4.78 is 4.67. The molecule has 23 heavy (non-hydrogen) atoms. The molecule has 2 rings (SSSR count). The SMILES string of the molecule is COC(=O)c1cccc(NCC(=O)N2CCN(C(C)=O)CC2)c1. The Morgan fingerprint density at radius 3 is 2.39 bits per heavy atom. The molecule has 1 aliphatic heterocycles. The second-order valence-electron chi connectivity index (χ2n) is 5.31. The number of hydrogen-bond acceptors (Lipinski definition) is 5. The van der Waals surface area contributed by atoms with Crippen LogP contribution in [0.15, 0.2) is 24.3 Å². The average molecular weight is 319 g/mol. The Morgan fingerprint density at radius 2 is 1.78 bits per heavy atom. The maximum Gasteiger partial charge on any atom is 0.337 e. The van der Waals surface area contributed by atoms with E-state index in [-0.39, 0.29) is 18.4 Å². The minimum Gasteiger partial charge on any atom is -0.465 e. The van der Waals surface area contributed by atoms with E-state index in [0.717, 1.165) is 0 Å². The lowest BCUT2D eigenvalue weighted by Gasteiger charge is -2.34. The number of nitrogens with zero attached hydrogens (tertiary/aromatic N) is 2. The van der Waals surface area contributed by atoms with Crippen LogP contribution in [0.25, 0.3) is 0 Å². The first kappa shape index (κ1) is 16.8. The second-order valence-corrected chi connectivity index (χ2v) is 5.31. The van der Waals surface area contributed by atoms with Crippen LogP contribution in [0.1, 0.15) is 17.3 Å². The van der Waals surface area contributed by atoms with Crippen LogP contribution in [0, 0.1) is 0 Å². The van der Waals surface area contributed by atoms with Gasteiger partial charge in [-0.1, -0.05) is 6.07 Å². The number of methoxy groups -OCH3 is 1. The molecule has 0 saturated carbocycles. The molecule has 124 valence electrons. The van der Waals surface area contributed by atoms with Gasteiger partial charge in [-0.05, 0) is 18.2 Å². The summed E-state index contributed by atoms with van der Waals surface area (Å²) in [6, 6.07) is 6.81. The summed E-state index contributed by atoms with van der Waals surface area (Å²) in [4.78, 5) is 38.4. The molecule has 0 bridgehead atoms. The Hall–Kier alpha value is -2.57. The summed E-state index contributed by atoms with van der Waals surface area (Å²) >= 11 is 0. The van der Waals surface area contributed by atoms with Crippen LogP contribution in [-0.2, 0) is 14.3 Å². The number of anilines is 1. The van der Waals surface area contributed by atoms with E-state index in [1.54, 1.807) is 34.1 Å². The lowest BCUT2D eigenvalue weighted by Crippen LogP contribution is -2.51. The lowest BCUT2D eigenvalue weighted by molar-refractivity contribution is -0.137. The Balaban J connectivity index is 1.85. The smallest absolute Gasteiger partial charge is 0.337 e. The van der Waals surface area contributed by atoms with Crippen LogP contribution in [0.5, 0.6) is 0 Å². The van der Waals surface area contributed by atoms with Crippen LogP contribution in [0.3, 0.4) is 0 Å². The first-order valence-corrected chi connectivity index (χ1v) is 7.47. The molecule has 0 atom stereocenters. The first-order chi connectivity index (χ1) is 11.0. The molecule has 7 heteroatoms. The molecule has 1 aliphatic rings. The van der Waals surface area contributed by atoms with E-state index in [2.05, 4.69) is 10.1 Å². The molecule has 1 N–H and O–H groups in total. The summed E-state index contributed by atoms with van der Waals surface area (Å²) in [5, 5.41) is 3.02. The highest BCUT2D eigenvalue weighted by Crippen LogP contribution is 2.11. The van der Waals surface area contributed by atoms with Crippen molar-refractivity contribution in [2.24, 2.45) is 0 Å². The maximum absolute atomic E-state index is 12.2. The van der Waals surface area contributed by atoms with Gasteiger partial charge in [0, 0.05) is 38.8 Å². The molecule has 0 radical (unpaired) electrons. The predicted molar refractivity (Wildman–Crippen MR) is 85.1 cm³/mol. The molecule has 1 fully saturated rings. The van der Waals surface area contributed by atoms with Gasteiger partial charge in [-0.15, -0.1) is 0 Å². The number of piperazine rings is 1. The maximum atomic E-state index is 12.2. The fraction of sp³-hybridized carbons (Fsp3) is 0.438. The van der Waals surface area contributed by atoms with Crippen molar-refractivity contribution in [3.63, 3.8) is 0 Å². The van der Waals surface area contributed by atoms with Gasteiger partial charge in [-0.25, -0.2) is 4.79 Å². The molecule has 1 heterocycles. The topological polar surface area (TPSA) is 79.0 Å². The second kappa shape index (κ2) is 7.62. The minimum atomic E-state index is -0.416. The number of ether oxygens (including phenoxy) is 1. The molecule has 0 aliphatic carbocycles. The summed E-state index contributed by atoms with van der Waals surface area (Å²) in [5.74, 6) is -0.410. The zero-order chi connectivity index (χ0) is 16.8. The standard InChI is InChI=1S/C16H21N3O4/c1-12(20)18-6-8-19(9-7-18)15(21)11-17-14-5-3-4-13(10-14)16(22)23-2/h3-5,10,17H,6-9,11H2,1-2H3. The van der Waals surface area contributed by atoms with Gasteiger partial charge < -0.3 is 19.9 Å². The van der Waals surface area contributed by atoms with Crippen LogP contribution in [0.2, 0.25) is 0 Å². The van der Waals surface area contributed by atoms with Gasteiger partial charge in [-0.3, -0.25) is 9.59 Å². The highest BCUT2D eigenvalue weighted by Gasteiger charge is 2.21. The molecule has 2 amide bonds. The van der Waals surface area contributed by atoms with Gasteiger partial charge in [-0.2, -0.15) is 0 Å². The molecule has 0 aromatic heterocycles. The van der Waals surface area contributed by atoms with E-state index in [1.807, 2.05) is 0 Å². The number of amides is 2. The van der Waals surface area contributed by atoms with Gasteiger partial charge in [0.15, 0.2) is 0 Å². The van der Waals surface area contributed by atoms with Crippen molar-refractivity contribution in [3.05, 3.63) is 29.8 Å². The van der Waals surface area contributed by atoms with Gasteiger partial charge in [0.2, 0.25) is 11.8 Å². The number of benzene rings is 1. The summed E-state index contributed by atoms with van der Waals surface area (Å²) in [6.45, 7) is 3.90. The zero-order valence-electron chi connectivity index (χ0n) is 13.4. The number of nitrogens with one attached hydrogen (secondary N) is 1. The van der Waals surface area contributed by atoms with Crippen molar-refractivity contribution in [1.82, 2.24) is 9.80 Å². The third-order valence-corrected chi connectivity index (χ3v) is 3.81. The van der Waals surface area contributed by atoms with E-state index in [0.29, 0.717) is 37.4 Å². The largest absolute Gasteiger partial charge is 0.465 e. The van der Waals surface area contributed by atoms with Gasteiger partial charge in [0.1, 0.15) is 0 Å². The van der Waals surface area contributed by atoms with Gasteiger partial charge in [0.05, 0.1) is 19.2 Å². The van der Waals surface area contributed by atoms with Crippen LogP contribution < -0.4 is 5.32 Å². The lowest BCUT2D eigenvalue weighted by atomic mass is 10.2. The predicted octanol–water partition coefficient (Wildman–Crippen LogP) is 0.576. The van der Waals surface area contributed by atoms with Crippen molar-refractivity contribution >= 4 is 23.5 Å². The average Bonchev–Trinajstić information content (AvgIpc) is 2.59. The van der Waals surface area contributed by atoms with E-state index in [9.17, 15) is 14.4 Å². The summed E-state index contributed by atoms with van der Waals surface area (Å²) in [7, 11) is 1.33. The van der Waals surface area contributed by atoms with E-state index < -0.39 is 5.97 Å².